The number of anilines is 2. The van der Waals surface area contributed by atoms with E-state index in [9.17, 15) is 0 Å². The van der Waals surface area contributed by atoms with Crippen LogP contribution in [0.25, 0.3) is 0 Å². The van der Waals surface area contributed by atoms with Crippen LogP contribution in [0.2, 0.25) is 0 Å². The number of nitrogen functional groups attached to an aromatic ring is 1. The van der Waals surface area contributed by atoms with Crippen LogP contribution in [0.3, 0.4) is 0 Å². The van der Waals surface area contributed by atoms with Crippen molar-refractivity contribution in [1.82, 2.24) is 4.98 Å². The maximum Gasteiger partial charge on any atom is 0.141 e. The van der Waals surface area contributed by atoms with Crippen LogP contribution in [0, 0.1) is 0 Å². The van der Waals surface area contributed by atoms with Gasteiger partial charge in [-0.15, -0.1) is 11.3 Å². The van der Waals surface area contributed by atoms with Crippen molar-refractivity contribution in [2.75, 3.05) is 10.7 Å². The summed E-state index contributed by atoms with van der Waals surface area (Å²) in [6.07, 6.45) is 2.75. The molecule has 1 atom stereocenters. The second-order valence-electron chi connectivity index (χ2n) is 3.90. The first-order chi connectivity index (χ1) is 8.28. The predicted molar refractivity (Wildman–Crippen MR) is 73.2 cm³/mol. The Morgan fingerprint density at radius 1 is 1.47 bits per heavy atom. The van der Waals surface area contributed by atoms with Crippen molar-refractivity contribution >= 4 is 22.8 Å². The highest BCUT2D eigenvalue weighted by molar-refractivity contribution is 7.09. The smallest absolute Gasteiger partial charge is 0.141 e. The van der Waals surface area contributed by atoms with Gasteiger partial charge in [-0.2, -0.15) is 0 Å². The molecular formula is C12H16N4S. The first-order valence-corrected chi connectivity index (χ1v) is 6.37. The van der Waals surface area contributed by atoms with E-state index in [4.69, 9.17) is 5.84 Å². The van der Waals surface area contributed by atoms with Gasteiger partial charge in [-0.25, -0.2) is 10.8 Å². The number of hydrogen-bond acceptors (Lipinski definition) is 5. The molecule has 0 aliphatic heterocycles. The molecule has 4 nitrogen and oxygen atoms in total. The number of aromatic nitrogens is 1. The molecule has 1 unspecified atom stereocenters. The van der Waals surface area contributed by atoms with Crippen LogP contribution >= 0.6 is 11.3 Å². The minimum absolute atomic E-state index is 0.377. The molecule has 4 N–H and O–H groups in total. The summed E-state index contributed by atoms with van der Waals surface area (Å²) < 4.78 is 0. The zero-order valence-corrected chi connectivity index (χ0v) is 10.5. The van der Waals surface area contributed by atoms with Crippen molar-refractivity contribution in [1.29, 1.82) is 0 Å². The highest BCUT2D eigenvalue weighted by atomic mass is 32.1. The van der Waals surface area contributed by atoms with Crippen molar-refractivity contribution in [3.05, 3.63) is 40.7 Å². The molecule has 0 aromatic carbocycles. The van der Waals surface area contributed by atoms with Gasteiger partial charge in [0, 0.05) is 35.3 Å². The lowest BCUT2D eigenvalue weighted by Gasteiger charge is -2.14. The van der Waals surface area contributed by atoms with Crippen molar-refractivity contribution in [3.63, 3.8) is 0 Å². The van der Waals surface area contributed by atoms with E-state index < -0.39 is 0 Å². The van der Waals surface area contributed by atoms with Crippen LogP contribution in [-0.4, -0.2) is 11.0 Å². The van der Waals surface area contributed by atoms with Gasteiger partial charge in [-0.05, 0) is 24.4 Å². The van der Waals surface area contributed by atoms with Crippen LogP contribution in [0.1, 0.15) is 11.8 Å². The molecule has 0 spiro atoms. The summed E-state index contributed by atoms with van der Waals surface area (Å²) in [6, 6.07) is 8.44. The van der Waals surface area contributed by atoms with Gasteiger partial charge in [-0.3, -0.25) is 0 Å². The van der Waals surface area contributed by atoms with E-state index in [1.54, 1.807) is 17.5 Å². The molecule has 90 valence electrons. The Hall–Kier alpha value is -1.59. The standard InChI is InChI=1S/C12H16N4S/c1-9(7-11-3-2-6-17-11)15-10-4-5-14-12(8-10)16-13/h2-6,8-9H,7,13H2,1H3,(H2,14,15,16). The molecule has 2 aromatic rings. The Kier molecular flexibility index (Phi) is 3.95. The minimum atomic E-state index is 0.377. The van der Waals surface area contributed by atoms with E-state index in [1.807, 2.05) is 12.1 Å². The molecule has 5 heteroatoms. The molecule has 0 bridgehead atoms. The molecule has 17 heavy (non-hydrogen) atoms. The summed E-state index contributed by atoms with van der Waals surface area (Å²) in [5.41, 5.74) is 3.56. The summed E-state index contributed by atoms with van der Waals surface area (Å²) in [4.78, 5) is 5.45. The first-order valence-electron chi connectivity index (χ1n) is 5.49. The van der Waals surface area contributed by atoms with Gasteiger partial charge in [0.1, 0.15) is 5.82 Å². The van der Waals surface area contributed by atoms with Crippen molar-refractivity contribution < 1.29 is 0 Å². The van der Waals surface area contributed by atoms with E-state index in [2.05, 4.69) is 40.2 Å². The number of nitrogens with one attached hydrogen (secondary N) is 2. The van der Waals surface area contributed by atoms with Gasteiger partial charge < -0.3 is 10.7 Å². The van der Waals surface area contributed by atoms with E-state index in [0.29, 0.717) is 11.9 Å². The van der Waals surface area contributed by atoms with Gasteiger partial charge in [0.15, 0.2) is 0 Å². The van der Waals surface area contributed by atoms with E-state index in [1.165, 1.54) is 4.88 Å². The Bertz CT molecular complexity index is 455. The second kappa shape index (κ2) is 5.65. The number of thiophene rings is 1. The number of hydrazine groups is 1. The zero-order chi connectivity index (χ0) is 12.1. The summed E-state index contributed by atoms with van der Waals surface area (Å²) in [6.45, 7) is 2.16. The highest BCUT2D eigenvalue weighted by Gasteiger charge is 2.04. The average molecular weight is 248 g/mol. The van der Waals surface area contributed by atoms with E-state index in [0.717, 1.165) is 12.1 Å². The third-order valence-electron chi connectivity index (χ3n) is 2.41. The SMILES string of the molecule is CC(Cc1cccs1)Nc1ccnc(NN)c1. The van der Waals surface area contributed by atoms with Crippen LogP contribution in [0.15, 0.2) is 35.8 Å². The fraction of sp³-hybridized carbons (Fsp3) is 0.250. The number of pyridine rings is 1. The fourth-order valence-electron chi connectivity index (χ4n) is 1.67. The maximum absolute atomic E-state index is 5.32. The normalized spacial score (nSPS) is 12.1. The van der Waals surface area contributed by atoms with Crippen molar-refractivity contribution in [3.8, 4) is 0 Å². The average Bonchev–Trinajstić information content (AvgIpc) is 2.82. The minimum Gasteiger partial charge on any atom is -0.382 e. The lowest BCUT2D eigenvalue weighted by molar-refractivity contribution is 0.800. The van der Waals surface area contributed by atoms with Gasteiger partial charge >= 0.3 is 0 Å². The van der Waals surface area contributed by atoms with Crippen LogP contribution < -0.4 is 16.6 Å². The van der Waals surface area contributed by atoms with Crippen molar-refractivity contribution in [2.24, 2.45) is 5.84 Å². The highest BCUT2D eigenvalue weighted by Crippen LogP contribution is 2.16. The third-order valence-corrected chi connectivity index (χ3v) is 3.31. The van der Waals surface area contributed by atoms with Gasteiger partial charge in [0.05, 0.1) is 0 Å². The topological polar surface area (TPSA) is 63.0 Å². The zero-order valence-electron chi connectivity index (χ0n) is 9.68. The summed E-state index contributed by atoms with van der Waals surface area (Å²) in [7, 11) is 0. The van der Waals surface area contributed by atoms with Crippen molar-refractivity contribution in [2.45, 2.75) is 19.4 Å². The van der Waals surface area contributed by atoms with Crippen LogP contribution in [0.5, 0.6) is 0 Å². The third kappa shape index (κ3) is 3.44. The van der Waals surface area contributed by atoms with Crippen LogP contribution in [-0.2, 0) is 6.42 Å². The Morgan fingerprint density at radius 3 is 3.06 bits per heavy atom. The molecule has 0 aliphatic carbocycles. The molecule has 2 rings (SSSR count). The van der Waals surface area contributed by atoms with E-state index >= 15 is 0 Å². The summed E-state index contributed by atoms with van der Waals surface area (Å²) in [5, 5.41) is 5.53. The molecule has 0 fully saturated rings. The first kappa shape index (κ1) is 11.9. The lowest BCUT2D eigenvalue weighted by atomic mass is 10.2. The lowest BCUT2D eigenvalue weighted by Crippen LogP contribution is -2.18. The van der Waals surface area contributed by atoms with Gasteiger partial charge in [0.2, 0.25) is 0 Å². The fourth-order valence-corrected chi connectivity index (χ4v) is 2.50. The van der Waals surface area contributed by atoms with Crippen LogP contribution in [0.4, 0.5) is 11.5 Å². The molecule has 2 aromatic heterocycles. The molecule has 0 radical (unpaired) electrons. The quantitative estimate of drug-likeness (QED) is 0.562. The Labute approximate surface area is 105 Å². The molecule has 0 amide bonds. The molecule has 2 heterocycles. The van der Waals surface area contributed by atoms with E-state index in [-0.39, 0.29) is 0 Å². The number of nitrogens with two attached hydrogens (primary N) is 1. The molecular weight excluding hydrogens is 232 g/mol. The predicted octanol–water partition coefficient (Wildman–Crippen LogP) is 2.47. The Balaban J connectivity index is 1.95. The van der Waals surface area contributed by atoms with Gasteiger partial charge in [-0.1, -0.05) is 6.07 Å². The maximum atomic E-state index is 5.32. The summed E-state index contributed by atoms with van der Waals surface area (Å²) in [5.74, 6) is 5.99. The molecule has 0 saturated heterocycles. The molecule has 0 aliphatic rings. The number of rotatable bonds is 5. The molecule has 0 saturated carbocycles. The number of nitrogens with zero attached hydrogens (tertiary/aromatic N) is 1. The largest absolute Gasteiger partial charge is 0.382 e. The van der Waals surface area contributed by atoms with Gasteiger partial charge in [0.25, 0.3) is 0 Å². The number of hydrogen-bond donors (Lipinski definition) is 3. The summed E-state index contributed by atoms with van der Waals surface area (Å²) >= 11 is 1.78. The Morgan fingerprint density at radius 2 is 2.35 bits per heavy atom. The monoisotopic (exact) mass is 248 g/mol. The second-order valence-corrected chi connectivity index (χ2v) is 4.94.